The van der Waals surface area contributed by atoms with Crippen molar-refractivity contribution < 1.29 is 9.59 Å². The van der Waals surface area contributed by atoms with Crippen LogP contribution in [-0.2, 0) is 9.59 Å². The van der Waals surface area contributed by atoms with Gasteiger partial charge in [0, 0.05) is 18.5 Å². The van der Waals surface area contributed by atoms with E-state index in [-0.39, 0.29) is 23.8 Å². The molecule has 0 aromatic carbocycles. The second-order valence-corrected chi connectivity index (χ2v) is 7.37. The van der Waals surface area contributed by atoms with E-state index in [4.69, 9.17) is 0 Å². The number of amides is 2. The summed E-state index contributed by atoms with van der Waals surface area (Å²) >= 11 is 0. The van der Waals surface area contributed by atoms with Crippen molar-refractivity contribution in [1.29, 1.82) is 0 Å². The molecule has 2 saturated carbocycles. The number of likely N-dealkylation sites (tertiary alicyclic amines) is 1. The minimum absolute atomic E-state index is 0.105. The lowest BCUT2D eigenvalue weighted by atomic mass is 9.88. The zero-order valence-electron chi connectivity index (χ0n) is 13.7. The first-order chi connectivity index (χ1) is 10.8. The van der Waals surface area contributed by atoms with E-state index < -0.39 is 0 Å². The third-order valence-electron chi connectivity index (χ3n) is 5.74. The molecule has 0 bridgehead atoms. The Balaban J connectivity index is 1.56. The second-order valence-electron chi connectivity index (χ2n) is 7.37. The van der Waals surface area contributed by atoms with Crippen molar-refractivity contribution in [2.45, 2.75) is 89.1 Å². The summed E-state index contributed by atoms with van der Waals surface area (Å²) in [5, 5.41) is 3.22. The number of carbonyl (C=O) groups excluding carboxylic acids is 2. The zero-order valence-corrected chi connectivity index (χ0v) is 13.7. The summed E-state index contributed by atoms with van der Waals surface area (Å²) in [6, 6.07) is 0.143. The molecule has 22 heavy (non-hydrogen) atoms. The van der Waals surface area contributed by atoms with Gasteiger partial charge in [0.05, 0.1) is 0 Å². The van der Waals surface area contributed by atoms with Crippen molar-refractivity contribution in [3.05, 3.63) is 0 Å². The third-order valence-corrected chi connectivity index (χ3v) is 5.74. The van der Waals surface area contributed by atoms with Crippen molar-refractivity contribution in [2.75, 3.05) is 6.54 Å². The zero-order chi connectivity index (χ0) is 15.4. The molecular weight excluding hydrogens is 276 g/mol. The maximum absolute atomic E-state index is 12.8. The number of hydrogen-bond acceptors (Lipinski definition) is 2. The van der Waals surface area contributed by atoms with Crippen LogP contribution in [0.4, 0.5) is 0 Å². The standard InChI is InChI=1S/C18H30N2O2/c21-17(19-15-10-5-2-6-11-15)16-12-7-13-20(16)18(22)14-8-3-1-4-9-14/h14-16H,1-13H2,(H,19,21)/t16-/m1/s1. The predicted molar refractivity (Wildman–Crippen MR) is 86.3 cm³/mol. The second kappa shape index (κ2) is 7.47. The Morgan fingerprint density at radius 1 is 0.773 bits per heavy atom. The molecule has 0 aromatic rings. The van der Waals surface area contributed by atoms with Gasteiger partial charge in [-0.15, -0.1) is 0 Å². The van der Waals surface area contributed by atoms with Crippen molar-refractivity contribution in [2.24, 2.45) is 5.92 Å². The molecule has 4 heteroatoms. The summed E-state index contributed by atoms with van der Waals surface area (Å²) in [4.78, 5) is 27.3. The molecular formula is C18H30N2O2. The fourth-order valence-electron chi connectivity index (χ4n) is 4.43. The molecule has 1 heterocycles. The van der Waals surface area contributed by atoms with E-state index in [1.807, 2.05) is 4.90 Å². The molecule has 2 amide bonds. The molecule has 0 radical (unpaired) electrons. The van der Waals surface area contributed by atoms with Gasteiger partial charge in [0.15, 0.2) is 0 Å². The molecule has 1 aliphatic heterocycles. The quantitative estimate of drug-likeness (QED) is 0.871. The third kappa shape index (κ3) is 3.64. The van der Waals surface area contributed by atoms with Crippen molar-refractivity contribution >= 4 is 11.8 Å². The van der Waals surface area contributed by atoms with Gasteiger partial charge in [-0.3, -0.25) is 9.59 Å². The Labute approximate surface area is 134 Å². The number of hydrogen-bond donors (Lipinski definition) is 1. The van der Waals surface area contributed by atoms with E-state index >= 15 is 0 Å². The highest BCUT2D eigenvalue weighted by atomic mass is 16.2. The van der Waals surface area contributed by atoms with E-state index in [2.05, 4.69) is 5.32 Å². The van der Waals surface area contributed by atoms with E-state index in [9.17, 15) is 9.59 Å². The maximum Gasteiger partial charge on any atom is 0.243 e. The van der Waals surface area contributed by atoms with Crippen LogP contribution in [0.1, 0.15) is 77.0 Å². The number of rotatable bonds is 3. The van der Waals surface area contributed by atoms with Crippen LogP contribution >= 0.6 is 0 Å². The van der Waals surface area contributed by atoms with Crippen LogP contribution in [0.15, 0.2) is 0 Å². The maximum atomic E-state index is 12.8. The van der Waals surface area contributed by atoms with E-state index in [0.29, 0.717) is 6.04 Å². The molecule has 0 unspecified atom stereocenters. The molecule has 3 fully saturated rings. The Kier molecular flexibility index (Phi) is 5.37. The number of nitrogens with zero attached hydrogens (tertiary/aromatic N) is 1. The van der Waals surface area contributed by atoms with Crippen LogP contribution < -0.4 is 5.32 Å². The van der Waals surface area contributed by atoms with Gasteiger partial charge in [-0.2, -0.15) is 0 Å². The average Bonchev–Trinajstić information content (AvgIpc) is 3.05. The smallest absolute Gasteiger partial charge is 0.243 e. The molecule has 3 aliphatic rings. The predicted octanol–water partition coefficient (Wildman–Crippen LogP) is 3.01. The van der Waals surface area contributed by atoms with E-state index in [1.54, 1.807) is 0 Å². The highest BCUT2D eigenvalue weighted by Gasteiger charge is 2.37. The van der Waals surface area contributed by atoms with Crippen molar-refractivity contribution in [3.63, 3.8) is 0 Å². The summed E-state index contributed by atoms with van der Waals surface area (Å²) in [6.45, 7) is 0.776. The molecule has 1 saturated heterocycles. The van der Waals surface area contributed by atoms with Crippen LogP contribution in [0, 0.1) is 5.92 Å². The summed E-state index contributed by atoms with van der Waals surface area (Å²) < 4.78 is 0. The fourth-order valence-corrected chi connectivity index (χ4v) is 4.43. The molecule has 1 atom stereocenters. The Morgan fingerprint density at radius 2 is 1.41 bits per heavy atom. The van der Waals surface area contributed by atoms with Crippen LogP contribution in [0.2, 0.25) is 0 Å². The van der Waals surface area contributed by atoms with Crippen LogP contribution in [-0.4, -0.2) is 35.3 Å². The summed E-state index contributed by atoms with van der Waals surface area (Å²) in [7, 11) is 0. The first-order valence-electron chi connectivity index (χ1n) is 9.36. The number of carbonyl (C=O) groups is 2. The van der Waals surface area contributed by atoms with Crippen LogP contribution in [0.25, 0.3) is 0 Å². The SMILES string of the molecule is O=C(NC1CCCCC1)[C@H]1CCCN1C(=O)C1CCCCC1. The summed E-state index contributed by atoms with van der Waals surface area (Å²) in [5.74, 6) is 0.534. The Morgan fingerprint density at radius 3 is 2.09 bits per heavy atom. The molecule has 4 nitrogen and oxygen atoms in total. The molecule has 1 N–H and O–H groups in total. The highest BCUT2D eigenvalue weighted by molar-refractivity contribution is 5.89. The van der Waals surface area contributed by atoms with E-state index in [1.165, 1.54) is 38.5 Å². The summed E-state index contributed by atoms with van der Waals surface area (Å²) in [5.41, 5.74) is 0. The van der Waals surface area contributed by atoms with Gasteiger partial charge in [0.2, 0.25) is 11.8 Å². The Bertz CT molecular complexity index is 398. The molecule has 124 valence electrons. The van der Waals surface area contributed by atoms with Crippen molar-refractivity contribution in [1.82, 2.24) is 10.2 Å². The van der Waals surface area contributed by atoms with Gasteiger partial charge >= 0.3 is 0 Å². The molecule has 0 spiro atoms. The van der Waals surface area contributed by atoms with Gasteiger partial charge in [0.25, 0.3) is 0 Å². The van der Waals surface area contributed by atoms with Gasteiger partial charge in [0.1, 0.15) is 6.04 Å². The first-order valence-corrected chi connectivity index (χ1v) is 9.36. The van der Waals surface area contributed by atoms with Gasteiger partial charge < -0.3 is 10.2 Å². The largest absolute Gasteiger partial charge is 0.352 e. The fraction of sp³-hybridized carbons (Fsp3) is 0.889. The molecule has 3 rings (SSSR count). The molecule has 2 aliphatic carbocycles. The van der Waals surface area contributed by atoms with E-state index in [0.717, 1.165) is 45.1 Å². The van der Waals surface area contributed by atoms with Crippen LogP contribution in [0.5, 0.6) is 0 Å². The van der Waals surface area contributed by atoms with Gasteiger partial charge in [-0.25, -0.2) is 0 Å². The lowest BCUT2D eigenvalue weighted by Crippen LogP contribution is -2.50. The van der Waals surface area contributed by atoms with Crippen LogP contribution in [0.3, 0.4) is 0 Å². The van der Waals surface area contributed by atoms with Crippen molar-refractivity contribution in [3.8, 4) is 0 Å². The van der Waals surface area contributed by atoms with Gasteiger partial charge in [-0.05, 0) is 38.5 Å². The lowest BCUT2D eigenvalue weighted by Gasteiger charge is -2.31. The minimum atomic E-state index is -0.198. The monoisotopic (exact) mass is 306 g/mol. The van der Waals surface area contributed by atoms with Gasteiger partial charge in [-0.1, -0.05) is 38.5 Å². The lowest BCUT2D eigenvalue weighted by molar-refractivity contribution is -0.142. The Hall–Kier alpha value is -1.06. The number of nitrogens with one attached hydrogen (secondary N) is 1. The normalized spacial score (nSPS) is 27.8. The first kappa shape index (κ1) is 15.8. The topological polar surface area (TPSA) is 49.4 Å². The average molecular weight is 306 g/mol. The highest BCUT2D eigenvalue weighted by Crippen LogP contribution is 2.29. The summed E-state index contributed by atoms with van der Waals surface area (Å²) in [6.07, 6.45) is 13.4. The minimum Gasteiger partial charge on any atom is -0.352 e. The molecule has 0 aromatic heterocycles.